The molecular formula is C15H18ClIN2O. The molecule has 0 radical (unpaired) electrons. The molecule has 2 aliphatic rings. The van der Waals surface area contributed by atoms with Crippen molar-refractivity contribution >= 4 is 40.1 Å². The highest BCUT2D eigenvalue weighted by molar-refractivity contribution is 14.1. The van der Waals surface area contributed by atoms with Crippen LogP contribution in [0.15, 0.2) is 18.2 Å². The number of rotatable bonds is 4. The highest BCUT2D eigenvalue weighted by Crippen LogP contribution is 2.31. The molecule has 1 aromatic carbocycles. The van der Waals surface area contributed by atoms with Gasteiger partial charge in [-0.05, 0) is 72.5 Å². The molecule has 1 N–H and O–H groups in total. The van der Waals surface area contributed by atoms with Gasteiger partial charge in [0.2, 0.25) is 0 Å². The molecule has 1 aromatic rings. The lowest BCUT2D eigenvalue weighted by molar-refractivity contribution is 0.0947. The summed E-state index contributed by atoms with van der Waals surface area (Å²) in [5, 5.41) is 3.68. The fourth-order valence-corrected chi connectivity index (χ4v) is 3.29. The van der Waals surface area contributed by atoms with Crippen molar-refractivity contribution in [3.8, 4) is 0 Å². The van der Waals surface area contributed by atoms with Gasteiger partial charge in [-0.2, -0.15) is 0 Å². The molecule has 1 aliphatic heterocycles. The van der Waals surface area contributed by atoms with Crippen molar-refractivity contribution in [3.05, 3.63) is 32.4 Å². The summed E-state index contributed by atoms with van der Waals surface area (Å²) in [5.41, 5.74) is 0.646. The third-order valence-electron chi connectivity index (χ3n) is 4.11. The molecule has 108 valence electrons. The van der Waals surface area contributed by atoms with E-state index in [0.29, 0.717) is 16.5 Å². The Kier molecular flexibility index (Phi) is 4.52. The third kappa shape index (κ3) is 3.46. The maximum atomic E-state index is 12.1. The number of halogens is 2. The first-order valence-electron chi connectivity index (χ1n) is 7.11. The number of hydrogen-bond donors (Lipinski definition) is 1. The molecular weight excluding hydrogens is 387 g/mol. The first-order valence-corrected chi connectivity index (χ1v) is 8.56. The Balaban J connectivity index is 1.50. The smallest absolute Gasteiger partial charge is 0.251 e. The zero-order chi connectivity index (χ0) is 14.1. The van der Waals surface area contributed by atoms with Gasteiger partial charge in [-0.1, -0.05) is 11.6 Å². The van der Waals surface area contributed by atoms with Gasteiger partial charge in [0.25, 0.3) is 5.91 Å². The first-order chi connectivity index (χ1) is 9.63. The van der Waals surface area contributed by atoms with Crippen LogP contribution in [0.4, 0.5) is 0 Å². The minimum Gasteiger partial charge on any atom is -0.352 e. The largest absolute Gasteiger partial charge is 0.352 e. The average Bonchev–Trinajstić information content (AvgIpc) is 3.18. The number of nitrogens with zero attached hydrogens (tertiary/aromatic N) is 1. The quantitative estimate of drug-likeness (QED) is 0.782. The lowest BCUT2D eigenvalue weighted by Crippen LogP contribution is -2.31. The van der Waals surface area contributed by atoms with Crippen LogP contribution in [0, 0.1) is 9.49 Å². The predicted molar refractivity (Wildman–Crippen MR) is 89.2 cm³/mol. The maximum absolute atomic E-state index is 12.1. The monoisotopic (exact) mass is 404 g/mol. The van der Waals surface area contributed by atoms with Crippen molar-refractivity contribution in [3.63, 3.8) is 0 Å². The molecule has 0 bridgehead atoms. The van der Waals surface area contributed by atoms with Gasteiger partial charge in [0.1, 0.15) is 0 Å². The van der Waals surface area contributed by atoms with E-state index in [9.17, 15) is 4.79 Å². The van der Waals surface area contributed by atoms with E-state index in [1.54, 1.807) is 6.07 Å². The topological polar surface area (TPSA) is 32.3 Å². The van der Waals surface area contributed by atoms with Crippen LogP contribution in [0.2, 0.25) is 5.02 Å². The van der Waals surface area contributed by atoms with Crippen molar-refractivity contribution in [2.45, 2.75) is 25.3 Å². The molecule has 20 heavy (non-hydrogen) atoms. The summed E-state index contributed by atoms with van der Waals surface area (Å²) < 4.78 is 0.969. The predicted octanol–water partition coefficient (Wildman–Crippen LogP) is 3.16. The summed E-state index contributed by atoms with van der Waals surface area (Å²) in [6.45, 7) is 3.10. The number of carbonyl (C=O) groups excluding carboxylic acids is 1. The SMILES string of the molecule is O=C(NCC1CCN(C2CC2)C1)c1ccc(I)c(Cl)c1. The van der Waals surface area contributed by atoms with E-state index in [4.69, 9.17) is 11.6 Å². The number of likely N-dealkylation sites (tertiary alicyclic amines) is 1. The summed E-state index contributed by atoms with van der Waals surface area (Å²) in [5.74, 6) is 0.576. The zero-order valence-corrected chi connectivity index (χ0v) is 14.2. The van der Waals surface area contributed by atoms with Crippen LogP contribution < -0.4 is 5.32 Å². The summed E-state index contributed by atoms with van der Waals surface area (Å²) in [6, 6.07) is 6.28. The summed E-state index contributed by atoms with van der Waals surface area (Å²) in [4.78, 5) is 14.7. The van der Waals surface area contributed by atoms with Gasteiger partial charge < -0.3 is 10.2 Å². The molecule has 0 aromatic heterocycles. The highest BCUT2D eigenvalue weighted by atomic mass is 127. The van der Waals surface area contributed by atoms with E-state index >= 15 is 0 Å². The van der Waals surface area contributed by atoms with E-state index in [1.165, 1.54) is 25.8 Å². The second kappa shape index (κ2) is 6.20. The summed E-state index contributed by atoms with van der Waals surface area (Å²) in [6.07, 6.45) is 3.92. The molecule has 3 rings (SSSR count). The van der Waals surface area contributed by atoms with E-state index in [0.717, 1.165) is 22.7 Å². The Labute approximate surface area is 138 Å². The number of amides is 1. The molecule has 1 unspecified atom stereocenters. The Morgan fingerprint density at radius 1 is 1.40 bits per heavy atom. The zero-order valence-electron chi connectivity index (χ0n) is 11.2. The van der Waals surface area contributed by atoms with Crippen molar-refractivity contribution in [1.82, 2.24) is 10.2 Å². The summed E-state index contributed by atoms with van der Waals surface area (Å²) in [7, 11) is 0. The average molecular weight is 405 g/mol. The van der Waals surface area contributed by atoms with Crippen LogP contribution in [-0.4, -0.2) is 36.5 Å². The molecule has 5 heteroatoms. The van der Waals surface area contributed by atoms with Crippen LogP contribution in [0.25, 0.3) is 0 Å². The van der Waals surface area contributed by atoms with Gasteiger partial charge in [-0.25, -0.2) is 0 Å². The van der Waals surface area contributed by atoms with Crippen LogP contribution in [0.3, 0.4) is 0 Å². The van der Waals surface area contributed by atoms with Crippen LogP contribution in [0.1, 0.15) is 29.6 Å². The van der Waals surface area contributed by atoms with Crippen molar-refractivity contribution < 1.29 is 4.79 Å². The second-order valence-electron chi connectivity index (χ2n) is 5.72. The Morgan fingerprint density at radius 2 is 2.20 bits per heavy atom. The van der Waals surface area contributed by atoms with Crippen LogP contribution in [0.5, 0.6) is 0 Å². The van der Waals surface area contributed by atoms with E-state index < -0.39 is 0 Å². The molecule has 1 atom stereocenters. The number of benzene rings is 1. The van der Waals surface area contributed by atoms with Gasteiger partial charge in [-0.15, -0.1) is 0 Å². The standard InChI is InChI=1S/C15H18ClIN2O/c16-13-7-11(1-4-14(13)17)15(20)18-8-10-5-6-19(9-10)12-2-3-12/h1,4,7,10,12H,2-3,5-6,8-9H2,(H,18,20). The second-order valence-corrected chi connectivity index (χ2v) is 7.29. The first kappa shape index (κ1) is 14.6. The van der Waals surface area contributed by atoms with Crippen LogP contribution >= 0.6 is 34.2 Å². The number of nitrogens with one attached hydrogen (secondary N) is 1. The molecule has 3 nitrogen and oxygen atoms in total. The summed E-state index contributed by atoms with van der Waals surface area (Å²) >= 11 is 8.21. The van der Waals surface area contributed by atoms with Gasteiger partial charge >= 0.3 is 0 Å². The van der Waals surface area contributed by atoms with Crippen molar-refractivity contribution in [2.75, 3.05) is 19.6 Å². The fraction of sp³-hybridized carbons (Fsp3) is 0.533. The van der Waals surface area contributed by atoms with E-state index in [-0.39, 0.29) is 5.91 Å². The minimum atomic E-state index is -0.0202. The Bertz CT molecular complexity index is 519. The molecule has 2 fully saturated rings. The number of carbonyl (C=O) groups is 1. The van der Waals surface area contributed by atoms with Crippen molar-refractivity contribution in [2.24, 2.45) is 5.92 Å². The molecule has 0 spiro atoms. The van der Waals surface area contributed by atoms with Gasteiger partial charge in [0.15, 0.2) is 0 Å². The Hall–Kier alpha value is -0.330. The highest BCUT2D eigenvalue weighted by Gasteiger charge is 2.34. The van der Waals surface area contributed by atoms with E-state index in [1.807, 2.05) is 12.1 Å². The number of hydrogen-bond acceptors (Lipinski definition) is 2. The maximum Gasteiger partial charge on any atom is 0.251 e. The lowest BCUT2D eigenvalue weighted by Gasteiger charge is -2.15. The molecule has 1 aliphatic carbocycles. The van der Waals surface area contributed by atoms with Crippen molar-refractivity contribution in [1.29, 1.82) is 0 Å². The van der Waals surface area contributed by atoms with Gasteiger partial charge in [0.05, 0.1) is 5.02 Å². The third-order valence-corrected chi connectivity index (χ3v) is 5.69. The van der Waals surface area contributed by atoms with E-state index in [2.05, 4.69) is 32.8 Å². The van der Waals surface area contributed by atoms with Gasteiger partial charge in [-0.3, -0.25) is 4.79 Å². The van der Waals surface area contributed by atoms with Gasteiger partial charge in [0, 0.05) is 28.3 Å². The molecule has 1 amide bonds. The normalized spacial score (nSPS) is 23.0. The Morgan fingerprint density at radius 3 is 2.90 bits per heavy atom. The minimum absolute atomic E-state index is 0.0202. The molecule has 1 saturated heterocycles. The van der Waals surface area contributed by atoms with Crippen LogP contribution in [-0.2, 0) is 0 Å². The molecule has 1 saturated carbocycles. The lowest BCUT2D eigenvalue weighted by atomic mass is 10.1. The fourth-order valence-electron chi connectivity index (χ4n) is 2.78. The molecule has 1 heterocycles.